The molecule has 0 saturated heterocycles. The molecule has 0 aliphatic rings. The van der Waals surface area contributed by atoms with Crippen LogP contribution in [0.25, 0.3) is 0 Å². The maximum Gasteiger partial charge on any atom is 0.322 e. The van der Waals surface area contributed by atoms with E-state index in [9.17, 15) is 9.59 Å². The molecule has 29 heavy (non-hydrogen) atoms. The Morgan fingerprint density at radius 3 is 2.59 bits per heavy atom. The van der Waals surface area contributed by atoms with Crippen LogP contribution in [0.4, 0.5) is 10.5 Å². The number of hydrogen-bond donors (Lipinski definition) is 2. The SMILES string of the molecule is COCCN(Cc1nc(C(=O)NC(C)(C)C)cs1)C(=O)Nc1ccc(Cl)c(Cl)c1. The van der Waals surface area contributed by atoms with Crippen molar-refractivity contribution in [3.8, 4) is 0 Å². The van der Waals surface area contributed by atoms with Gasteiger partial charge in [0, 0.05) is 30.3 Å². The van der Waals surface area contributed by atoms with Crippen LogP contribution in [0.3, 0.4) is 0 Å². The van der Waals surface area contributed by atoms with Crippen molar-refractivity contribution in [2.24, 2.45) is 0 Å². The number of hydrogen-bond acceptors (Lipinski definition) is 5. The summed E-state index contributed by atoms with van der Waals surface area (Å²) in [5.74, 6) is -0.247. The lowest BCUT2D eigenvalue weighted by molar-refractivity contribution is 0.0915. The quantitative estimate of drug-likeness (QED) is 0.631. The number of urea groups is 1. The second-order valence-electron chi connectivity index (χ2n) is 7.30. The van der Waals surface area contributed by atoms with Gasteiger partial charge in [-0.05, 0) is 39.0 Å². The number of rotatable bonds is 7. The molecule has 2 aromatic rings. The monoisotopic (exact) mass is 458 g/mol. The summed E-state index contributed by atoms with van der Waals surface area (Å²) >= 11 is 13.2. The van der Waals surface area contributed by atoms with E-state index in [1.165, 1.54) is 11.3 Å². The second kappa shape index (κ2) is 10.2. The molecule has 7 nitrogen and oxygen atoms in total. The van der Waals surface area contributed by atoms with Crippen LogP contribution in [0.15, 0.2) is 23.6 Å². The molecule has 0 fully saturated rings. The van der Waals surface area contributed by atoms with Crippen LogP contribution in [-0.4, -0.2) is 47.6 Å². The lowest BCUT2D eigenvalue weighted by Gasteiger charge is -2.22. The second-order valence-corrected chi connectivity index (χ2v) is 9.06. The van der Waals surface area contributed by atoms with Crippen LogP contribution in [0, 0.1) is 0 Å². The minimum atomic E-state index is -0.356. The van der Waals surface area contributed by atoms with E-state index >= 15 is 0 Å². The molecule has 0 aliphatic heterocycles. The summed E-state index contributed by atoms with van der Waals surface area (Å²) in [6, 6.07) is 4.52. The summed E-state index contributed by atoms with van der Waals surface area (Å²) in [5, 5.41) is 8.74. The molecule has 1 aromatic heterocycles. The van der Waals surface area contributed by atoms with Gasteiger partial charge in [-0.2, -0.15) is 0 Å². The van der Waals surface area contributed by atoms with Gasteiger partial charge in [-0.1, -0.05) is 23.2 Å². The van der Waals surface area contributed by atoms with E-state index in [0.717, 1.165) is 0 Å². The zero-order chi connectivity index (χ0) is 21.6. The molecule has 0 saturated carbocycles. The van der Waals surface area contributed by atoms with E-state index in [4.69, 9.17) is 27.9 Å². The van der Waals surface area contributed by atoms with Gasteiger partial charge in [-0.15, -0.1) is 11.3 Å². The molecule has 0 bridgehead atoms. The fourth-order valence-electron chi connectivity index (χ4n) is 2.29. The van der Waals surface area contributed by atoms with E-state index in [1.807, 2.05) is 20.8 Å². The van der Waals surface area contributed by atoms with E-state index in [0.29, 0.717) is 39.6 Å². The normalized spacial score (nSPS) is 11.2. The molecule has 2 N–H and O–H groups in total. The Balaban J connectivity index is 2.09. The number of halogens is 2. The number of methoxy groups -OCH3 is 1. The predicted octanol–water partition coefficient (Wildman–Crippen LogP) is 4.66. The number of anilines is 1. The average Bonchev–Trinajstić information content (AvgIpc) is 3.09. The Morgan fingerprint density at radius 1 is 1.24 bits per heavy atom. The van der Waals surface area contributed by atoms with Crippen LogP contribution in [0.2, 0.25) is 10.0 Å². The highest BCUT2D eigenvalue weighted by molar-refractivity contribution is 7.09. The number of carbonyl (C=O) groups excluding carboxylic acids is 2. The van der Waals surface area contributed by atoms with E-state index in [2.05, 4.69) is 15.6 Å². The van der Waals surface area contributed by atoms with Gasteiger partial charge in [0.2, 0.25) is 0 Å². The van der Waals surface area contributed by atoms with Crippen molar-refractivity contribution in [2.45, 2.75) is 32.9 Å². The Hall–Kier alpha value is -1.87. The average molecular weight is 459 g/mol. The number of carbonyl (C=O) groups is 2. The molecule has 1 aromatic carbocycles. The number of benzene rings is 1. The number of ether oxygens (including phenoxy) is 1. The fraction of sp³-hybridized carbons (Fsp3) is 0.421. The highest BCUT2D eigenvalue weighted by Gasteiger charge is 2.20. The summed E-state index contributed by atoms with van der Waals surface area (Å²) < 4.78 is 5.10. The van der Waals surface area contributed by atoms with Crippen molar-refractivity contribution in [3.63, 3.8) is 0 Å². The number of aromatic nitrogens is 1. The maximum absolute atomic E-state index is 12.7. The summed E-state index contributed by atoms with van der Waals surface area (Å²) in [6.45, 7) is 6.66. The van der Waals surface area contributed by atoms with Crippen LogP contribution < -0.4 is 10.6 Å². The first-order valence-electron chi connectivity index (χ1n) is 8.86. The van der Waals surface area contributed by atoms with E-state index in [1.54, 1.807) is 35.6 Å². The molecule has 158 valence electrons. The largest absolute Gasteiger partial charge is 0.383 e. The molecule has 10 heteroatoms. The Bertz CT molecular complexity index is 867. The third-order valence-corrected chi connectivity index (χ3v) is 5.20. The molecule has 2 rings (SSSR count). The smallest absolute Gasteiger partial charge is 0.322 e. The zero-order valence-electron chi connectivity index (χ0n) is 16.7. The number of nitrogens with one attached hydrogen (secondary N) is 2. The highest BCUT2D eigenvalue weighted by Crippen LogP contribution is 2.25. The van der Waals surface area contributed by atoms with Crippen LogP contribution >= 0.6 is 34.5 Å². The van der Waals surface area contributed by atoms with Gasteiger partial charge in [0.05, 0.1) is 23.2 Å². The Morgan fingerprint density at radius 2 is 1.97 bits per heavy atom. The standard InChI is InChI=1S/C19H24Cl2N4O3S/c1-19(2,3)24-17(26)15-11-29-16(23-15)10-25(7-8-28-4)18(27)22-12-5-6-13(20)14(21)9-12/h5-6,9,11H,7-8,10H2,1-4H3,(H,22,27)(H,24,26). The molecule has 0 aliphatic carbocycles. The van der Waals surface area contributed by atoms with Crippen LogP contribution in [-0.2, 0) is 11.3 Å². The summed E-state index contributed by atoms with van der Waals surface area (Å²) in [6.07, 6.45) is 0. The summed E-state index contributed by atoms with van der Waals surface area (Å²) in [4.78, 5) is 30.9. The van der Waals surface area contributed by atoms with Crippen LogP contribution in [0.5, 0.6) is 0 Å². The van der Waals surface area contributed by atoms with Gasteiger partial charge in [-0.25, -0.2) is 9.78 Å². The van der Waals surface area contributed by atoms with Crippen molar-refractivity contribution in [1.29, 1.82) is 0 Å². The van der Waals surface area contributed by atoms with E-state index in [-0.39, 0.29) is 24.0 Å². The minimum Gasteiger partial charge on any atom is -0.383 e. The number of amides is 3. The first-order valence-corrected chi connectivity index (χ1v) is 10.5. The number of nitrogens with zero attached hydrogens (tertiary/aromatic N) is 2. The van der Waals surface area contributed by atoms with Gasteiger partial charge < -0.3 is 20.3 Å². The van der Waals surface area contributed by atoms with Crippen molar-refractivity contribution < 1.29 is 14.3 Å². The molecular weight excluding hydrogens is 435 g/mol. The third kappa shape index (κ3) is 7.47. The van der Waals surface area contributed by atoms with Gasteiger partial charge in [0.25, 0.3) is 5.91 Å². The van der Waals surface area contributed by atoms with Crippen LogP contribution in [0.1, 0.15) is 36.3 Å². The van der Waals surface area contributed by atoms with E-state index < -0.39 is 0 Å². The fourth-order valence-corrected chi connectivity index (χ4v) is 3.37. The minimum absolute atomic E-state index is 0.240. The Kier molecular flexibility index (Phi) is 8.27. The maximum atomic E-state index is 12.7. The zero-order valence-corrected chi connectivity index (χ0v) is 19.0. The molecule has 0 atom stereocenters. The summed E-state index contributed by atoms with van der Waals surface area (Å²) in [5.41, 5.74) is 0.498. The van der Waals surface area contributed by atoms with Crippen molar-refractivity contribution in [3.05, 3.63) is 44.3 Å². The van der Waals surface area contributed by atoms with Gasteiger partial charge >= 0.3 is 6.03 Å². The lowest BCUT2D eigenvalue weighted by atomic mass is 10.1. The molecule has 0 spiro atoms. The first kappa shape index (κ1) is 23.4. The van der Waals surface area contributed by atoms with Gasteiger partial charge in [0.1, 0.15) is 10.7 Å². The topological polar surface area (TPSA) is 83.6 Å². The third-order valence-electron chi connectivity index (χ3n) is 3.62. The molecule has 3 amide bonds. The van der Waals surface area contributed by atoms with Gasteiger partial charge in [0.15, 0.2) is 0 Å². The Labute approximate surface area is 184 Å². The predicted molar refractivity (Wildman–Crippen MR) is 117 cm³/mol. The summed E-state index contributed by atoms with van der Waals surface area (Å²) in [7, 11) is 1.56. The first-order chi connectivity index (χ1) is 13.6. The molecular formula is C19H24Cl2N4O3S. The molecule has 1 heterocycles. The molecule has 0 unspecified atom stereocenters. The van der Waals surface area contributed by atoms with Crippen molar-refractivity contribution in [1.82, 2.24) is 15.2 Å². The number of thiazole rings is 1. The van der Waals surface area contributed by atoms with Crippen molar-refractivity contribution >= 4 is 52.2 Å². The lowest BCUT2D eigenvalue weighted by Crippen LogP contribution is -2.40. The molecule has 0 radical (unpaired) electrons. The highest BCUT2D eigenvalue weighted by atomic mass is 35.5. The van der Waals surface area contributed by atoms with Gasteiger partial charge in [-0.3, -0.25) is 4.79 Å². The van der Waals surface area contributed by atoms with Crippen molar-refractivity contribution in [2.75, 3.05) is 25.6 Å².